The molecule has 0 bridgehead atoms. The van der Waals surface area contributed by atoms with Crippen LogP contribution < -0.4 is 4.90 Å². The molecule has 29 heavy (non-hydrogen) atoms. The van der Waals surface area contributed by atoms with Gasteiger partial charge in [0.2, 0.25) is 0 Å². The zero-order valence-electron chi connectivity index (χ0n) is 15.3. The molecule has 2 heterocycles. The Kier molecular flexibility index (Phi) is 5.62. The number of ketones is 1. The Balaban J connectivity index is 1.65. The first-order valence-electron chi connectivity index (χ1n) is 9.05. The first kappa shape index (κ1) is 20.3. The zero-order chi connectivity index (χ0) is 20.6. The van der Waals surface area contributed by atoms with Crippen LogP contribution in [0.3, 0.4) is 0 Å². The number of benzene rings is 2. The molecule has 7 heteroatoms. The number of amides is 1. The number of nitrogens with zero attached hydrogens (tertiary/aromatic N) is 1. The van der Waals surface area contributed by atoms with E-state index in [1.165, 1.54) is 0 Å². The van der Waals surface area contributed by atoms with Gasteiger partial charge in [-0.25, -0.2) is 0 Å². The van der Waals surface area contributed by atoms with Crippen molar-refractivity contribution in [1.82, 2.24) is 0 Å². The summed E-state index contributed by atoms with van der Waals surface area (Å²) in [5.74, 6) is -0.786. The molecule has 1 aliphatic heterocycles. The molecule has 4 rings (SSSR count). The topological polar surface area (TPSA) is 57.6 Å². The fourth-order valence-corrected chi connectivity index (χ4v) is 4.93. The SMILES string of the molecule is O=C(CC1(O)C(=O)N(CCc2ccccc2)c2ccc(Br)cc21)c1ccc(Cl)s1. The minimum atomic E-state index is -1.90. The Labute approximate surface area is 185 Å². The Hall–Kier alpha value is -1.99. The first-order chi connectivity index (χ1) is 13.9. The van der Waals surface area contributed by atoms with Crippen LogP contribution in [0.2, 0.25) is 4.34 Å². The molecule has 1 atom stereocenters. The minimum absolute atomic E-state index is 0.311. The number of thiophene rings is 1. The standard InChI is InChI=1S/C22H17BrClNO3S/c23-15-6-7-17-16(12-15)22(28,13-18(26)19-8-9-20(24)29-19)21(27)25(17)11-10-14-4-2-1-3-5-14/h1-9,12,28H,10-11,13H2. The number of hydrogen-bond acceptors (Lipinski definition) is 4. The van der Waals surface area contributed by atoms with Crippen molar-refractivity contribution in [3.05, 3.63) is 85.5 Å². The predicted octanol–water partition coefficient (Wildman–Crippen LogP) is 5.21. The molecule has 0 spiro atoms. The maximum absolute atomic E-state index is 13.3. The molecule has 4 nitrogen and oxygen atoms in total. The van der Waals surface area contributed by atoms with Crippen molar-refractivity contribution in [3.63, 3.8) is 0 Å². The lowest BCUT2D eigenvalue weighted by atomic mass is 9.89. The summed E-state index contributed by atoms with van der Waals surface area (Å²) in [6.07, 6.45) is 0.320. The van der Waals surface area contributed by atoms with Crippen LogP contribution in [0.25, 0.3) is 0 Å². The Bertz CT molecular complexity index is 1080. The van der Waals surface area contributed by atoms with E-state index in [1.807, 2.05) is 36.4 Å². The van der Waals surface area contributed by atoms with E-state index in [0.717, 1.165) is 21.4 Å². The third-order valence-electron chi connectivity index (χ3n) is 5.03. The number of fused-ring (bicyclic) bond motifs is 1. The third-order valence-corrected chi connectivity index (χ3v) is 6.79. The van der Waals surface area contributed by atoms with Crippen LogP contribution >= 0.6 is 38.9 Å². The predicted molar refractivity (Wildman–Crippen MR) is 119 cm³/mol. The van der Waals surface area contributed by atoms with Crippen LogP contribution in [0.15, 0.2) is 65.1 Å². The zero-order valence-corrected chi connectivity index (χ0v) is 18.4. The highest BCUT2D eigenvalue weighted by Gasteiger charge is 2.51. The second kappa shape index (κ2) is 8.03. The van der Waals surface area contributed by atoms with E-state index in [-0.39, 0.29) is 12.2 Å². The van der Waals surface area contributed by atoms with E-state index in [2.05, 4.69) is 15.9 Å². The molecule has 3 aromatic rings. The summed E-state index contributed by atoms with van der Waals surface area (Å²) in [5, 5.41) is 11.4. The largest absolute Gasteiger partial charge is 0.375 e. The van der Waals surface area contributed by atoms with Crippen LogP contribution in [0, 0.1) is 0 Å². The van der Waals surface area contributed by atoms with Crippen molar-refractivity contribution in [2.45, 2.75) is 18.4 Å². The van der Waals surface area contributed by atoms with Crippen LogP contribution in [-0.4, -0.2) is 23.3 Å². The number of aliphatic hydroxyl groups is 1. The summed E-state index contributed by atoms with van der Waals surface area (Å²) in [6.45, 7) is 0.415. The molecule has 0 radical (unpaired) electrons. The molecule has 148 valence electrons. The van der Waals surface area contributed by atoms with Crippen molar-refractivity contribution in [2.75, 3.05) is 11.4 Å². The van der Waals surface area contributed by atoms with Crippen LogP contribution in [0.1, 0.15) is 27.2 Å². The quantitative estimate of drug-likeness (QED) is 0.482. The van der Waals surface area contributed by atoms with Gasteiger partial charge in [-0.05, 0) is 42.3 Å². The van der Waals surface area contributed by atoms with Gasteiger partial charge in [-0.15, -0.1) is 11.3 Å². The highest BCUT2D eigenvalue weighted by atomic mass is 79.9. The van der Waals surface area contributed by atoms with Crippen molar-refractivity contribution >= 4 is 56.2 Å². The lowest BCUT2D eigenvalue weighted by molar-refractivity contribution is -0.135. The summed E-state index contributed by atoms with van der Waals surface area (Å²) in [5.41, 5.74) is 0.275. The van der Waals surface area contributed by atoms with Gasteiger partial charge in [0.25, 0.3) is 5.91 Å². The van der Waals surface area contributed by atoms with Crippen molar-refractivity contribution in [3.8, 4) is 0 Å². The number of carbonyl (C=O) groups is 2. The minimum Gasteiger partial charge on any atom is -0.375 e. The normalized spacial score (nSPS) is 18.2. The Morgan fingerprint density at radius 2 is 1.90 bits per heavy atom. The van der Waals surface area contributed by atoms with E-state index in [0.29, 0.717) is 33.4 Å². The Morgan fingerprint density at radius 3 is 2.59 bits per heavy atom. The van der Waals surface area contributed by atoms with Gasteiger partial charge in [-0.3, -0.25) is 9.59 Å². The van der Waals surface area contributed by atoms with Gasteiger partial charge >= 0.3 is 0 Å². The van der Waals surface area contributed by atoms with E-state index in [4.69, 9.17) is 11.6 Å². The molecule has 1 aromatic heterocycles. The van der Waals surface area contributed by atoms with Gasteiger partial charge < -0.3 is 10.0 Å². The number of anilines is 1. The summed E-state index contributed by atoms with van der Waals surface area (Å²) in [4.78, 5) is 28.0. The fourth-order valence-electron chi connectivity index (χ4n) is 3.58. The number of Topliss-reactive ketones (excluding diaryl/α,β-unsaturated/α-hetero) is 1. The van der Waals surface area contributed by atoms with Gasteiger partial charge in [0.1, 0.15) is 0 Å². The monoisotopic (exact) mass is 489 g/mol. The second-order valence-electron chi connectivity index (χ2n) is 6.92. The summed E-state index contributed by atoms with van der Waals surface area (Å²) in [6, 6.07) is 18.4. The van der Waals surface area contributed by atoms with Crippen LogP contribution in [0.5, 0.6) is 0 Å². The lowest BCUT2D eigenvalue weighted by Crippen LogP contribution is -2.42. The molecular weight excluding hydrogens is 474 g/mol. The molecule has 0 aliphatic carbocycles. The number of hydrogen-bond donors (Lipinski definition) is 1. The van der Waals surface area contributed by atoms with Gasteiger partial charge in [0.05, 0.1) is 21.3 Å². The number of carbonyl (C=O) groups excluding carboxylic acids is 2. The summed E-state index contributed by atoms with van der Waals surface area (Å²) in [7, 11) is 0. The molecular formula is C22H17BrClNO3S. The van der Waals surface area contributed by atoms with Gasteiger partial charge in [0, 0.05) is 16.6 Å². The summed E-state index contributed by atoms with van der Waals surface area (Å²) < 4.78 is 1.23. The second-order valence-corrected chi connectivity index (χ2v) is 9.55. The maximum atomic E-state index is 13.3. The van der Waals surface area contributed by atoms with E-state index >= 15 is 0 Å². The molecule has 0 saturated carbocycles. The van der Waals surface area contributed by atoms with Crippen LogP contribution in [0.4, 0.5) is 5.69 Å². The summed E-state index contributed by atoms with van der Waals surface area (Å²) >= 11 is 10.5. The molecule has 2 aromatic carbocycles. The van der Waals surface area contributed by atoms with Crippen LogP contribution in [-0.2, 0) is 16.8 Å². The maximum Gasteiger partial charge on any atom is 0.264 e. The first-order valence-corrected chi connectivity index (χ1v) is 11.0. The number of halogens is 2. The lowest BCUT2D eigenvalue weighted by Gasteiger charge is -2.22. The van der Waals surface area contributed by atoms with Crippen molar-refractivity contribution in [2.24, 2.45) is 0 Å². The molecule has 1 N–H and O–H groups in total. The third kappa shape index (κ3) is 3.90. The van der Waals surface area contributed by atoms with Gasteiger partial charge in [0.15, 0.2) is 11.4 Å². The molecule has 1 unspecified atom stereocenters. The number of rotatable bonds is 6. The van der Waals surface area contributed by atoms with E-state index in [9.17, 15) is 14.7 Å². The van der Waals surface area contributed by atoms with Crippen molar-refractivity contribution in [1.29, 1.82) is 0 Å². The van der Waals surface area contributed by atoms with Crippen molar-refractivity contribution < 1.29 is 14.7 Å². The average Bonchev–Trinajstić information content (AvgIpc) is 3.23. The molecule has 0 saturated heterocycles. The highest BCUT2D eigenvalue weighted by Crippen LogP contribution is 2.44. The van der Waals surface area contributed by atoms with Gasteiger partial charge in [-0.1, -0.05) is 57.9 Å². The average molecular weight is 491 g/mol. The highest BCUT2D eigenvalue weighted by molar-refractivity contribution is 9.10. The smallest absolute Gasteiger partial charge is 0.264 e. The Morgan fingerprint density at radius 1 is 1.14 bits per heavy atom. The van der Waals surface area contributed by atoms with Gasteiger partial charge in [-0.2, -0.15) is 0 Å². The van der Waals surface area contributed by atoms with E-state index in [1.54, 1.807) is 29.2 Å². The molecule has 1 aliphatic rings. The molecule has 1 amide bonds. The molecule has 0 fully saturated rings. The fraction of sp³-hybridized carbons (Fsp3) is 0.182. The van der Waals surface area contributed by atoms with E-state index < -0.39 is 11.5 Å².